The summed E-state index contributed by atoms with van der Waals surface area (Å²) < 4.78 is 5.53. The van der Waals surface area contributed by atoms with Gasteiger partial charge in [0.2, 0.25) is 0 Å². The van der Waals surface area contributed by atoms with Gasteiger partial charge in [-0.15, -0.1) is 0 Å². The number of rotatable bonds is 5. The van der Waals surface area contributed by atoms with Gasteiger partial charge in [0, 0.05) is 31.0 Å². The first kappa shape index (κ1) is 14.1. The first-order valence-corrected chi connectivity index (χ1v) is 6.07. The van der Waals surface area contributed by atoms with E-state index >= 15 is 0 Å². The Balaban J connectivity index is 3.12. The Hall–Kier alpha value is -1.00. The fourth-order valence-corrected chi connectivity index (χ4v) is 1.70. The number of nitrogens with two attached hydrogens (primary N) is 1. The van der Waals surface area contributed by atoms with Crippen molar-refractivity contribution in [2.75, 3.05) is 7.11 Å². The van der Waals surface area contributed by atoms with Gasteiger partial charge in [-0.2, -0.15) is 0 Å². The van der Waals surface area contributed by atoms with E-state index in [1.165, 1.54) is 0 Å². The van der Waals surface area contributed by atoms with E-state index in [2.05, 4.69) is 16.9 Å². The van der Waals surface area contributed by atoms with Crippen molar-refractivity contribution in [1.29, 1.82) is 0 Å². The highest BCUT2D eigenvalue weighted by Gasteiger charge is 2.27. The highest BCUT2D eigenvalue weighted by molar-refractivity contribution is 5.14. The zero-order valence-corrected chi connectivity index (χ0v) is 11.4. The highest BCUT2D eigenvalue weighted by atomic mass is 16.5. The van der Waals surface area contributed by atoms with Gasteiger partial charge in [0.1, 0.15) is 5.60 Å². The first-order chi connectivity index (χ1) is 7.91. The van der Waals surface area contributed by atoms with Crippen LogP contribution >= 0.6 is 0 Å². The Labute approximate surface area is 104 Å². The van der Waals surface area contributed by atoms with E-state index in [1.54, 1.807) is 7.11 Å². The topological polar surface area (TPSA) is 61.0 Å². The molecule has 0 saturated carbocycles. The van der Waals surface area contributed by atoms with E-state index < -0.39 is 5.60 Å². The minimum Gasteiger partial charge on any atom is -0.371 e. The van der Waals surface area contributed by atoms with Crippen LogP contribution in [0.15, 0.2) is 6.07 Å². The Bertz CT molecular complexity index is 373. The molecular weight excluding hydrogens is 214 g/mol. The molecule has 2 unspecified atom stereocenters. The van der Waals surface area contributed by atoms with E-state index in [9.17, 15) is 0 Å². The van der Waals surface area contributed by atoms with Crippen LogP contribution in [0.2, 0.25) is 0 Å². The van der Waals surface area contributed by atoms with Gasteiger partial charge in [-0.05, 0) is 33.3 Å². The lowest BCUT2D eigenvalue weighted by Gasteiger charge is -2.25. The molecule has 1 heterocycles. The minimum absolute atomic E-state index is 0.104. The van der Waals surface area contributed by atoms with Crippen LogP contribution in [-0.4, -0.2) is 23.1 Å². The van der Waals surface area contributed by atoms with Crippen molar-refractivity contribution in [1.82, 2.24) is 9.97 Å². The van der Waals surface area contributed by atoms with Crippen molar-refractivity contribution >= 4 is 0 Å². The molecule has 0 amide bonds. The lowest BCUT2D eigenvalue weighted by atomic mass is 10.0. The molecule has 0 radical (unpaired) electrons. The molecule has 4 heteroatoms. The van der Waals surface area contributed by atoms with Crippen LogP contribution in [0.25, 0.3) is 0 Å². The number of methoxy groups -OCH3 is 1. The molecule has 1 aromatic rings. The zero-order chi connectivity index (χ0) is 13.1. The molecule has 1 rings (SSSR count). The van der Waals surface area contributed by atoms with E-state index in [1.807, 2.05) is 26.8 Å². The summed E-state index contributed by atoms with van der Waals surface area (Å²) in [7, 11) is 1.69. The van der Waals surface area contributed by atoms with Crippen LogP contribution in [0, 0.1) is 6.92 Å². The van der Waals surface area contributed by atoms with Crippen LogP contribution in [0.4, 0.5) is 0 Å². The summed E-state index contributed by atoms with van der Waals surface area (Å²) in [6.07, 6.45) is 1.60. The number of aromatic nitrogens is 2. The summed E-state index contributed by atoms with van der Waals surface area (Å²) in [5, 5.41) is 0. The maximum absolute atomic E-state index is 5.81. The summed E-state index contributed by atoms with van der Waals surface area (Å²) in [5.74, 6) is 0.748. The quantitative estimate of drug-likeness (QED) is 0.850. The van der Waals surface area contributed by atoms with Crippen LogP contribution in [0.5, 0.6) is 0 Å². The molecule has 96 valence electrons. The summed E-state index contributed by atoms with van der Waals surface area (Å²) in [6, 6.07) is 2.09. The zero-order valence-electron chi connectivity index (χ0n) is 11.4. The molecule has 0 fully saturated rings. The maximum atomic E-state index is 5.81. The summed E-state index contributed by atoms with van der Waals surface area (Å²) in [6.45, 7) is 8.03. The van der Waals surface area contributed by atoms with Gasteiger partial charge < -0.3 is 10.5 Å². The van der Waals surface area contributed by atoms with Gasteiger partial charge in [0.05, 0.1) is 0 Å². The summed E-state index contributed by atoms with van der Waals surface area (Å²) in [4.78, 5) is 9.05. The third-order valence-corrected chi connectivity index (χ3v) is 3.04. The van der Waals surface area contributed by atoms with Crippen LogP contribution < -0.4 is 5.73 Å². The predicted octanol–water partition coefficient (Wildman–Crippen LogP) is 1.95. The van der Waals surface area contributed by atoms with Gasteiger partial charge in [0.25, 0.3) is 0 Å². The Morgan fingerprint density at radius 1 is 1.47 bits per heavy atom. The molecule has 0 saturated heterocycles. The number of aryl methyl sites for hydroxylation is 1. The molecule has 2 N–H and O–H groups in total. The Kier molecular flexibility index (Phi) is 4.60. The lowest BCUT2D eigenvalue weighted by molar-refractivity contribution is -0.00929. The molecule has 0 aliphatic carbocycles. The fraction of sp³-hybridized carbons (Fsp3) is 0.692. The minimum atomic E-state index is -0.418. The molecule has 4 nitrogen and oxygen atoms in total. The van der Waals surface area contributed by atoms with E-state index in [0.29, 0.717) is 0 Å². The maximum Gasteiger partial charge on any atom is 0.160 e. The largest absolute Gasteiger partial charge is 0.371 e. The van der Waals surface area contributed by atoms with Gasteiger partial charge in [-0.25, -0.2) is 9.97 Å². The van der Waals surface area contributed by atoms with Gasteiger partial charge in [-0.1, -0.05) is 6.92 Å². The normalized spacial score (nSPS) is 16.6. The monoisotopic (exact) mass is 237 g/mol. The highest BCUT2D eigenvalue weighted by Crippen LogP contribution is 2.25. The SMILES string of the molecule is CCC(C)(OC)c1nc(C)cc(CC(C)N)n1. The van der Waals surface area contributed by atoms with Crippen molar-refractivity contribution < 1.29 is 4.74 Å². The third-order valence-electron chi connectivity index (χ3n) is 3.04. The van der Waals surface area contributed by atoms with Crippen molar-refractivity contribution in [3.8, 4) is 0 Å². The smallest absolute Gasteiger partial charge is 0.160 e. The molecule has 1 aromatic heterocycles. The number of nitrogens with zero attached hydrogens (tertiary/aromatic N) is 2. The lowest BCUT2D eigenvalue weighted by Crippen LogP contribution is -2.28. The molecule has 17 heavy (non-hydrogen) atoms. The van der Waals surface area contributed by atoms with Crippen LogP contribution in [-0.2, 0) is 16.8 Å². The second-order valence-corrected chi connectivity index (χ2v) is 4.79. The van der Waals surface area contributed by atoms with Gasteiger partial charge >= 0.3 is 0 Å². The van der Waals surface area contributed by atoms with Crippen molar-refractivity contribution in [3.63, 3.8) is 0 Å². The summed E-state index contributed by atoms with van der Waals surface area (Å²) in [5.41, 5.74) is 7.33. The first-order valence-electron chi connectivity index (χ1n) is 6.07. The molecular formula is C13H23N3O. The number of hydrogen-bond donors (Lipinski definition) is 1. The standard InChI is InChI=1S/C13H23N3O/c1-6-13(4,17-5)12-15-10(3)8-11(16-12)7-9(2)14/h8-9H,6-7,14H2,1-5H3. The van der Waals surface area contributed by atoms with Crippen molar-refractivity contribution in [3.05, 3.63) is 23.3 Å². The van der Waals surface area contributed by atoms with Gasteiger partial charge in [-0.3, -0.25) is 0 Å². The average molecular weight is 237 g/mol. The van der Waals surface area contributed by atoms with E-state index in [4.69, 9.17) is 10.5 Å². The second-order valence-electron chi connectivity index (χ2n) is 4.79. The average Bonchev–Trinajstić information content (AvgIpc) is 2.26. The molecule has 0 aromatic carbocycles. The molecule has 0 aliphatic rings. The molecule has 0 aliphatic heterocycles. The van der Waals surface area contributed by atoms with E-state index in [0.717, 1.165) is 30.1 Å². The molecule has 0 bridgehead atoms. The van der Waals surface area contributed by atoms with E-state index in [-0.39, 0.29) is 6.04 Å². The van der Waals surface area contributed by atoms with Gasteiger partial charge in [0.15, 0.2) is 5.82 Å². The van der Waals surface area contributed by atoms with Crippen molar-refractivity contribution in [2.45, 2.75) is 52.2 Å². The Morgan fingerprint density at radius 3 is 2.59 bits per heavy atom. The number of hydrogen-bond acceptors (Lipinski definition) is 4. The second kappa shape index (κ2) is 5.56. The van der Waals surface area contributed by atoms with Crippen LogP contribution in [0.1, 0.15) is 44.4 Å². The molecule has 2 atom stereocenters. The third kappa shape index (κ3) is 3.48. The molecule has 0 spiro atoms. The number of ether oxygens (including phenoxy) is 1. The summed E-state index contributed by atoms with van der Waals surface area (Å²) >= 11 is 0. The Morgan fingerprint density at radius 2 is 2.12 bits per heavy atom. The van der Waals surface area contributed by atoms with Crippen molar-refractivity contribution in [2.24, 2.45) is 5.73 Å². The van der Waals surface area contributed by atoms with Crippen LogP contribution in [0.3, 0.4) is 0 Å². The fourth-order valence-electron chi connectivity index (χ4n) is 1.70. The predicted molar refractivity (Wildman–Crippen MR) is 68.8 cm³/mol.